The third-order valence-electron chi connectivity index (χ3n) is 8.49. The van der Waals surface area contributed by atoms with Gasteiger partial charge in [-0.05, 0) is 42.8 Å². The zero-order chi connectivity index (χ0) is 36.1. The molecule has 0 bridgehead atoms. The van der Waals surface area contributed by atoms with Crippen LogP contribution in [0.3, 0.4) is 0 Å². The topological polar surface area (TPSA) is 149 Å². The predicted octanol–water partition coefficient (Wildman–Crippen LogP) is 3.41. The molecular weight excluding hydrogens is 671 g/mol. The molecule has 2 aromatic carbocycles. The molecule has 1 aliphatic heterocycles. The van der Waals surface area contributed by atoms with E-state index in [0.717, 1.165) is 9.47 Å². The Hall–Kier alpha value is -5.71. The maximum Gasteiger partial charge on any atom is 0.411 e. The maximum absolute atomic E-state index is 15.2. The monoisotopic (exact) mass is 698 g/mol. The molecule has 4 heterocycles. The van der Waals surface area contributed by atoms with Crippen molar-refractivity contribution in [3.05, 3.63) is 104 Å². The van der Waals surface area contributed by atoms with Crippen LogP contribution in [0.15, 0.2) is 64.4 Å². The molecule has 1 amide bonds. The number of amides is 1. The summed E-state index contributed by atoms with van der Waals surface area (Å²) in [6.45, 7) is 0.482. The third kappa shape index (κ3) is 6.15. The number of carboxylic acids is 1. The molecule has 12 nitrogen and oxygen atoms in total. The predicted molar refractivity (Wildman–Crippen MR) is 170 cm³/mol. The smallest absolute Gasteiger partial charge is 0.411 e. The van der Waals surface area contributed by atoms with E-state index < -0.39 is 77.3 Å². The third-order valence-corrected chi connectivity index (χ3v) is 8.49. The number of nitrogens with one attached hydrogen (secondary N) is 1. The van der Waals surface area contributed by atoms with Crippen LogP contribution in [0.1, 0.15) is 21.6 Å². The number of aromatic nitrogens is 4. The van der Waals surface area contributed by atoms with E-state index >= 15 is 8.78 Å². The normalized spacial score (nSPS) is 15.7. The first-order valence-electron chi connectivity index (χ1n) is 15.1. The fourth-order valence-corrected chi connectivity index (χ4v) is 6.02. The van der Waals surface area contributed by atoms with Gasteiger partial charge in [-0.3, -0.25) is 24.1 Å². The van der Waals surface area contributed by atoms with Gasteiger partial charge in [-0.25, -0.2) is 22.9 Å². The van der Waals surface area contributed by atoms with Crippen molar-refractivity contribution in [2.24, 2.45) is 7.05 Å². The summed E-state index contributed by atoms with van der Waals surface area (Å²) >= 11 is 0. The van der Waals surface area contributed by atoms with Gasteiger partial charge in [-0.1, -0.05) is 12.1 Å². The molecule has 50 heavy (non-hydrogen) atoms. The van der Waals surface area contributed by atoms with Crippen molar-refractivity contribution >= 4 is 39.4 Å². The molecule has 17 heteroatoms. The lowest BCUT2D eigenvalue weighted by Crippen LogP contribution is -2.53. The second kappa shape index (κ2) is 13.0. The molecule has 0 unspecified atom stereocenters. The quantitative estimate of drug-likeness (QED) is 0.244. The van der Waals surface area contributed by atoms with Gasteiger partial charge >= 0.3 is 17.8 Å². The number of aliphatic carboxylic acids is 1. The summed E-state index contributed by atoms with van der Waals surface area (Å²) in [5.41, 5.74) is -1.59. The highest BCUT2D eigenvalue weighted by molar-refractivity contribution is 5.98. The average Bonchev–Trinajstić information content (AvgIpc) is 3.07. The van der Waals surface area contributed by atoms with E-state index in [9.17, 15) is 37.5 Å². The number of hydrogen-bond donors (Lipinski definition) is 2. The van der Waals surface area contributed by atoms with E-state index in [-0.39, 0.29) is 35.3 Å². The lowest BCUT2D eigenvalue weighted by Gasteiger charge is -2.38. The number of alkyl halides is 3. The molecule has 0 saturated carbocycles. The molecule has 3 aromatic heterocycles. The Bertz CT molecular complexity index is 2280. The van der Waals surface area contributed by atoms with Gasteiger partial charge in [0.1, 0.15) is 29.3 Å². The van der Waals surface area contributed by atoms with E-state index in [1.54, 1.807) is 19.1 Å². The van der Waals surface area contributed by atoms with Crippen LogP contribution in [0.5, 0.6) is 0 Å². The first kappa shape index (κ1) is 34.2. The van der Waals surface area contributed by atoms with E-state index in [0.29, 0.717) is 28.7 Å². The number of nitrogens with zero attached hydrogens (tertiary/aromatic N) is 5. The zero-order valence-corrected chi connectivity index (χ0v) is 26.3. The minimum atomic E-state index is -4.77. The van der Waals surface area contributed by atoms with Crippen LogP contribution in [0, 0.1) is 18.6 Å². The first-order valence-corrected chi connectivity index (χ1v) is 15.1. The zero-order valence-electron chi connectivity index (χ0n) is 26.3. The number of fused-ring (bicyclic) bond motifs is 2. The van der Waals surface area contributed by atoms with Gasteiger partial charge in [0.15, 0.2) is 0 Å². The minimum absolute atomic E-state index is 0.0967. The summed E-state index contributed by atoms with van der Waals surface area (Å²) < 4.78 is 78.1. The van der Waals surface area contributed by atoms with Crippen LogP contribution in [-0.2, 0) is 23.0 Å². The number of benzene rings is 2. The molecule has 260 valence electrons. The number of rotatable bonds is 7. The van der Waals surface area contributed by atoms with Crippen LogP contribution in [0.4, 0.5) is 27.6 Å². The van der Waals surface area contributed by atoms with E-state index in [4.69, 9.17) is 4.74 Å². The number of carbonyl (C=O) groups excluding carboxylic acids is 1. The number of carbonyl (C=O) groups is 2. The number of ether oxygens (including phenoxy) is 1. The first-order chi connectivity index (χ1) is 23.7. The lowest BCUT2D eigenvalue weighted by molar-refractivity contribution is -0.167. The molecule has 1 saturated heterocycles. The number of halogens is 5. The number of pyridine rings is 2. The standard InChI is InChI=1S/C33H27F5N6O6/c1-16-10-20-25(14-40-16)42(2)32(49)44(30(20)46)24-6-5-17(19-4-3-7-39-28(19)24)11-23(31(47)48)41-29(45)27-21(34)12-18(13-22(27)35)43-8-9-50-15-26(43)33(36,37)38/h3-7,10,12-14,23,26H,8-9,11,15H2,1-2H3,(H,41,45)(H,47,48)/t23-,26+/m0/s1. The van der Waals surface area contributed by atoms with E-state index in [1.807, 2.05) is 0 Å². The Morgan fingerprint density at radius 1 is 1.08 bits per heavy atom. The van der Waals surface area contributed by atoms with Crippen LogP contribution < -0.4 is 21.5 Å². The molecule has 0 spiro atoms. The molecule has 2 atom stereocenters. The Morgan fingerprint density at radius 2 is 1.80 bits per heavy atom. The van der Waals surface area contributed by atoms with E-state index in [2.05, 4.69) is 15.3 Å². The van der Waals surface area contributed by atoms with Crippen LogP contribution in [-0.4, -0.2) is 74.1 Å². The summed E-state index contributed by atoms with van der Waals surface area (Å²) in [5.74, 6) is -6.02. The molecule has 2 N–H and O–H groups in total. The largest absolute Gasteiger partial charge is 0.480 e. The van der Waals surface area contributed by atoms with Gasteiger partial charge in [-0.2, -0.15) is 13.2 Å². The van der Waals surface area contributed by atoms with Gasteiger partial charge in [-0.15, -0.1) is 0 Å². The maximum atomic E-state index is 15.2. The van der Waals surface area contributed by atoms with Crippen molar-refractivity contribution in [2.45, 2.75) is 31.6 Å². The molecule has 6 rings (SSSR count). The number of hydrogen-bond acceptors (Lipinski definition) is 8. The fraction of sp³-hybridized carbons (Fsp3) is 0.273. The second-order valence-electron chi connectivity index (χ2n) is 11.6. The van der Waals surface area contributed by atoms with Crippen molar-refractivity contribution in [3.63, 3.8) is 0 Å². The summed E-state index contributed by atoms with van der Waals surface area (Å²) in [6, 6.07) is 4.69. The van der Waals surface area contributed by atoms with Crippen molar-refractivity contribution in [1.82, 2.24) is 24.4 Å². The molecular formula is C33H27F5N6O6. The molecule has 0 aliphatic carbocycles. The summed E-state index contributed by atoms with van der Waals surface area (Å²) in [6.07, 6.45) is -2.38. The SMILES string of the molecule is Cc1cc2c(=O)n(-c3ccc(C[C@H](NC(=O)c4c(F)cc(N5CCOC[C@@H]5C(F)(F)F)cc4F)C(=O)O)c4cccnc34)c(=O)n(C)c2cn1. The second-order valence-corrected chi connectivity index (χ2v) is 11.6. The average molecular weight is 699 g/mol. The van der Waals surface area contributed by atoms with E-state index in [1.165, 1.54) is 42.2 Å². The Kier molecular flexibility index (Phi) is 8.86. The van der Waals surface area contributed by atoms with Gasteiger partial charge in [0.25, 0.3) is 11.5 Å². The molecule has 1 aliphatic rings. The Balaban J connectivity index is 1.33. The van der Waals surface area contributed by atoms with Crippen molar-refractivity contribution < 1.29 is 41.4 Å². The molecule has 0 radical (unpaired) electrons. The fourth-order valence-electron chi connectivity index (χ4n) is 6.02. The molecule has 1 fully saturated rings. The lowest BCUT2D eigenvalue weighted by atomic mass is 9.99. The van der Waals surface area contributed by atoms with Crippen molar-refractivity contribution in [3.8, 4) is 5.69 Å². The summed E-state index contributed by atoms with van der Waals surface area (Å²) in [4.78, 5) is 61.6. The van der Waals surface area contributed by atoms with Crippen LogP contribution in [0.2, 0.25) is 0 Å². The Morgan fingerprint density at radius 3 is 2.48 bits per heavy atom. The van der Waals surface area contributed by atoms with Gasteiger partial charge in [0.05, 0.1) is 41.5 Å². The van der Waals surface area contributed by atoms with Crippen molar-refractivity contribution in [1.29, 1.82) is 0 Å². The van der Waals surface area contributed by atoms with Crippen LogP contribution in [0.25, 0.3) is 27.5 Å². The Labute approximate surface area is 278 Å². The van der Waals surface area contributed by atoms with Gasteiger partial charge in [0.2, 0.25) is 0 Å². The number of carboxylic acid groups (broad SMARTS) is 1. The van der Waals surface area contributed by atoms with Crippen LogP contribution >= 0.6 is 0 Å². The van der Waals surface area contributed by atoms with Gasteiger partial charge < -0.3 is 20.1 Å². The number of aryl methyl sites for hydroxylation is 2. The number of anilines is 1. The molecule has 5 aromatic rings. The highest BCUT2D eigenvalue weighted by atomic mass is 19.4. The van der Waals surface area contributed by atoms with Crippen molar-refractivity contribution in [2.75, 3.05) is 24.7 Å². The highest BCUT2D eigenvalue weighted by Crippen LogP contribution is 2.33. The number of morpholine rings is 1. The van der Waals surface area contributed by atoms with Gasteiger partial charge in [0, 0.05) is 43.0 Å². The minimum Gasteiger partial charge on any atom is -0.480 e. The summed E-state index contributed by atoms with van der Waals surface area (Å²) in [7, 11) is 1.48. The highest BCUT2D eigenvalue weighted by Gasteiger charge is 2.46. The summed E-state index contributed by atoms with van der Waals surface area (Å²) in [5, 5.41) is 12.6.